The summed E-state index contributed by atoms with van der Waals surface area (Å²) < 4.78 is 5.42. The van der Waals surface area contributed by atoms with Crippen molar-refractivity contribution in [2.24, 2.45) is 0 Å². The van der Waals surface area contributed by atoms with E-state index in [0.717, 1.165) is 22.4 Å². The van der Waals surface area contributed by atoms with Gasteiger partial charge in [0, 0.05) is 5.56 Å². The van der Waals surface area contributed by atoms with Gasteiger partial charge in [-0.1, -0.05) is 42.8 Å². The molecule has 0 spiro atoms. The third kappa shape index (κ3) is 2.81. The van der Waals surface area contributed by atoms with Crippen LogP contribution in [0.1, 0.15) is 53.5 Å². The highest BCUT2D eigenvalue weighted by molar-refractivity contribution is 5.43. The zero-order valence-electron chi connectivity index (χ0n) is 12.7. The van der Waals surface area contributed by atoms with Crippen LogP contribution in [0.25, 0.3) is 0 Å². The number of methoxy groups -OCH3 is 1. The van der Waals surface area contributed by atoms with Crippen LogP contribution in [0.2, 0.25) is 0 Å². The van der Waals surface area contributed by atoms with Crippen molar-refractivity contribution in [2.75, 3.05) is 7.11 Å². The minimum absolute atomic E-state index is 0.638. The van der Waals surface area contributed by atoms with E-state index in [4.69, 9.17) is 4.74 Å². The van der Waals surface area contributed by atoms with Crippen molar-refractivity contribution in [1.29, 1.82) is 0 Å². The van der Waals surface area contributed by atoms with E-state index in [-0.39, 0.29) is 0 Å². The van der Waals surface area contributed by atoms with Crippen molar-refractivity contribution in [3.63, 3.8) is 0 Å². The minimum Gasteiger partial charge on any atom is -0.496 e. The maximum Gasteiger partial charge on any atom is 0.125 e. The molecule has 2 heteroatoms. The lowest BCUT2D eigenvalue weighted by Crippen LogP contribution is -2.10. The van der Waals surface area contributed by atoms with Gasteiger partial charge < -0.3 is 9.84 Å². The molecule has 1 aliphatic rings. The van der Waals surface area contributed by atoms with Gasteiger partial charge in [0.15, 0.2) is 0 Å². The Bertz CT molecular complexity index is 629. The van der Waals surface area contributed by atoms with Gasteiger partial charge in [-0.3, -0.25) is 0 Å². The second kappa shape index (κ2) is 5.90. The van der Waals surface area contributed by atoms with Crippen LogP contribution in [0.4, 0.5) is 0 Å². The van der Waals surface area contributed by atoms with E-state index < -0.39 is 6.10 Å². The van der Waals surface area contributed by atoms with Crippen molar-refractivity contribution in [1.82, 2.24) is 0 Å². The molecule has 1 aliphatic carbocycles. The summed E-state index contributed by atoms with van der Waals surface area (Å²) in [6.45, 7) is 2.02. The standard InChI is InChI=1S/C19H22O2/c1-13-9-10-17(18(11-13)21-2)19(20)16-8-4-7-15(12-16)14-5-3-6-14/h4,7-12,14,19-20H,3,5-6H2,1-2H3. The normalized spacial score (nSPS) is 16.3. The maximum atomic E-state index is 10.7. The molecule has 3 rings (SSSR count). The molecule has 2 aromatic carbocycles. The fraction of sp³-hybridized carbons (Fsp3) is 0.368. The summed E-state index contributed by atoms with van der Waals surface area (Å²) >= 11 is 0. The van der Waals surface area contributed by atoms with E-state index in [9.17, 15) is 5.11 Å². The van der Waals surface area contributed by atoms with Crippen molar-refractivity contribution < 1.29 is 9.84 Å². The van der Waals surface area contributed by atoms with E-state index in [1.165, 1.54) is 24.8 Å². The first-order valence-electron chi connectivity index (χ1n) is 7.61. The molecule has 2 nitrogen and oxygen atoms in total. The van der Waals surface area contributed by atoms with Crippen LogP contribution in [0.15, 0.2) is 42.5 Å². The summed E-state index contributed by atoms with van der Waals surface area (Å²) in [5, 5.41) is 10.7. The molecular weight excluding hydrogens is 260 g/mol. The molecule has 0 amide bonds. The van der Waals surface area contributed by atoms with E-state index in [1.54, 1.807) is 7.11 Å². The van der Waals surface area contributed by atoms with Crippen LogP contribution in [-0.4, -0.2) is 12.2 Å². The lowest BCUT2D eigenvalue weighted by molar-refractivity contribution is 0.214. The second-order valence-corrected chi connectivity index (χ2v) is 5.95. The van der Waals surface area contributed by atoms with E-state index >= 15 is 0 Å². The number of hydrogen-bond donors (Lipinski definition) is 1. The summed E-state index contributed by atoms with van der Waals surface area (Å²) in [6, 6.07) is 14.3. The number of ether oxygens (including phenoxy) is 1. The summed E-state index contributed by atoms with van der Waals surface area (Å²) in [4.78, 5) is 0. The van der Waals surface area contributed by atoms with E-state index in [1.807, 2.05) is 37.3 Å². The van der Waals surface area contributed by atoms with Gasteiger partial charge >= 0.3 is 0 Å². The molecule has 1 N–H and O–H groups in total. The first kappa shape index (κ1) is 14.2. The first-order valence-corrected chi connectivity index (χ1v) is 7.61. The third-order valence-electron chi connectivity index (χ3n) is 4.49. The maximum absolute atomic E-state index is 10.7. The molecule has 1 unspecified atom stereocenters. The zero-order chi connectivity index (χ0) is 14.8. The van der Waals surface area contributed by atoms with Crippen LogP contribution in [0.5, 0.6) is 5.75 Å². The monoisotopic (exact) mass is 282 g/mol. The molecule has 0 bridgehead atoms. The average Bonchev–Trinajstić information content (AvgIpc) is 2.45. The number of benzene rings is 2. The second-order valence-electron chi connectivity index (χ2n) is 5.95. The quantitative estimate of drug-likeness (QED) is 0.903. The molecule has 110 valence electrons. The summed E-state index contributed by atoms with van der Waals surface area (Å²) in [5.41, 5.74) is 4.25. The summed E-state index contributed by atoms with van der Waals surface area (Å²) in [7, 11) is 1.65. The van der Waals surface area contributed by atoms with Crippen molar-refractivity contribution in [3.05, 3.63) is 64.7 Å². The highest BCUT2D eigenvalue weighted by Gasteiger charge is 2.21. The van der Waals surface area contributed by atoms with Crippen LogP contribution < -0.4 is 4.74 Å². The fourth-order valence-electron chi connectivity index (χ4n) is 2.95. The molecular formula is C19H22O2. The smallest absolute Gasteiger partial charge is 0.125 e. The summed E-state index contributed by atoms with van der Waals surface area (Å²) in [5.74, 6) is 1.42. The van der Waals surface area contributed by atoms with E-state index in [0.29, 0.717) is 5.92 Å². The Balaban J connectivity index is 1.92. The molecule has 0 aliphatic heterocycles. The predicted molar refractivity (Wildman–Crippen MR) is 84.8 cm³/mol. The Labute approximate surface area is 126 Å². The molecule has 2 aromatic rings. The summed E-state index contributed by atoms with van der Waals surface area (Å²) in [6.07, 6.45) is 3.23. The lowest BCUT2D eigenvalue weighted by Gasteiger charge is -2.26. The van der Waals surface area contributed by atoms with Crippen LogP contribution in [0, 0.1) is 6.92 Å². The van der Waals surface area contributed by atoms with Gasteiger partial charge in [-0.05, 0) is 48.4 Å². The number of rotatable bonds is 4. The average molecular weight is 282 g/mol. The molecule has 0 radical (unpaired) electrons. The van der Waals surface area contributed by atoms with Crippen molar-refractivity contribution >= 4 is 0 Å². The van der Waals surface area contributed by atoms with E-state index in [2.05, 4.69) is 12.1 Å². The highest BCUT2D eigenvalue weighted by atomic mass is 16.5. The Morgan fingerprint density at radius 3 is 2.62 bits per heavy atom. The number of aliphatic hydroxyl groups is 1. The molecule has 0 heterocycles. The third-order valence-corrected chi connectivity index (χ3v) is 4.49. The molecule has 0 saturated heterocycles. The molecule has 0 aromatic heterocycles. The Kier molecular flexibility index (Phi) is 3.98. The first-order chi connectivity index (χ1) is 10.2. The SMILES string of the molecule is COc1cc(C)ccc1C(O)c1cccc(C2CCC2)c1. The Hall–Kier alpha value is -1.80. The van der Waals surface area contributed by atoms with Crippen molar-refractivity contribution in [2.45, 2.75) is 38.2 Å². The highest BCUT2D eigenvalue weighted by Crippen LogP contribution is 2.38. The largest absolute Gasteiger partial charge is 0.496 e. The molecule has 1 saturated carbocycles. The molecule has 21 heavy (non-hydrogen) atoms. The predicted octanol–water partition coefficient (Wildman–Crippen LogP) is 4.35. The minimum atomic E-state index is -0.638. The fourth-order valence-corrected chi connectivity index (χ4v) is 2.95. The Morgan fingerprint density at radius 2 is 1.95 bits per heavy atom. The Morgan fingerprint density at radius 1 is 1.14 bits per heavy atom. The van der Waals surface area contributed by atoms with Crippen LogP contribution in [-0.2, 0) is 0 Å². The van der Waals surface area contributed by atoms with Gasteiger partial charge in [0.25, 0.3) is 0 Å². The van der Waals surface area contributed by atoms with Crippen molar-refractivity contribution in [3.8, 4) is 5.75 Å². The number of hydrogen-bond acceptors (Lipinski definition) is 2. The zero-order valence-corrected chi connectivity index (χ0v) is 12.7. The molecule has 1 fully saturated rings. The van der Waals surface area contributed by atoms with Gasteiger partial charge in [-0.2, -0.15) is 0 Å². The van der Waals surface area contributed by atoms with Gasteiger partial charge in [-0.15, -0.1) is 0 Å². The van der Waals surface area contributed by atoms with Crippen LogP contribution in [0.3, 0.4) is 0 Å². The van der Waals surface area contributed by atoms with Crippen LogP contribution >= 0.6 is 0 Å². The van der Waals surface area contributed by atoms with Gasteiger partial charge in [0.1, 0.15) is 11.9 Å². The topological polar surface area (TPSA) is 29.5 Å². The van der Waals surface area contributed by atoms with Gasteiger partial charge in [-0.25, -0.2) is 0 Å². The number of aryl methyl sites for hydroxylation is 1. The lowest BCUT2D eigenvalue weighted by atomic mass is 9.79. The number of aliphatic hydroxyl groups excluding tert-OH is 1. The molecule has 1 atom stereocenters. The van der Waals surface area contributed by atoms with Gasteiger partial charge in [0.05, 0.1) is 7.11 Å². The van der Waals surface area contributed by atoms with Gasteiger partial charge in [0.2, 0.25) is 0 Å².